The van der Waals surface area contributed by atoms with Crippen molar-refractivity contribution in [1.82, 2.24) is 0 Å². The molecule has 0 bridgehead atoms. The first kappa shape index (κ1) is 58.7. The van der Waals surface area contributed by atoms with Crippen LogP contribution in [-0.4, -0.2) is 79.3 Å². The molecule has 0 aromatic heterocycles. The van der Waals surface area contributed by atoms with Crippen LogP contribution < -0.4 is 20.4 Å². The van der Waals surface area contributed by atoms with E-state index in [0.717, 1.165) is 8.95 Å². The average molecular weight is 1050 g/mol. The third kappa shape index (κ3) is 35.7. The summed E-state index contributed by atoms with van der Waals surface area (Å²) in [6.45, 7) is 0.541. The average Bonchev–Trinajstić information content (AvgIpc) is 3.02. The zero-order valence-electron chi connectivity index (χ0n) is 30.8. The number of aliphatic imine (C=N–C) groups is 2. The standard InChI is InChI=1S/2C14H12BrNO2.4C2H6OS.2Cu/c2*15-12-5-6-14(18)11(7-12)9-16-8-10-3-1-2-4-13(10)17;4*1-4(2)3;;/h2*1-8,17-18H,9H2;4*1-2H3;;/q;;;;;;2*+2/p-4. The fourth-order valence-electron chi connectivity index (χ4n) is 3.00. The quantitative estimate of drug-likeness (QED) is 0.201. The van der Waals surface area contributed by atoms with Gasteiger partial charge in [0.25, 0.3) is 0 Å². The molecule has 54 heavy (non-hydrogen) atoms. The minimum absolute atomic E-state index is 0. The Kier molecular flexibility index (Phi) is 38.5. The summed E-state index contributed by atoms with van der Waals surface area (Å²) in [7, 11) is -2.44. The van der Waals surface area contributed by atoms with Crippen molar-refractivity contribution in [1.29, 1.82) is 0 Å². The fraction of sp³-hybridized carbons (Fsp3) is 0.278. The van der Waals surface area contributed by atoms with E-state index in [1.54, 1.807) is 111 Å². The number of rotatable bonds is 6. The molecule has 0 heterocycles. The Morgan fingerprint density at radius 1 is 0.481 bits per heavy atom. The maximum absolute atomic E-state index is 11.5. The molecule has 10 nitrogen and oxygen atoms in total. The SMILES string of the molecule is CS(C)=O.CS(C)=O.CS(C)=O.CS(C)=O.[Cu+2].[Cu+2].[O-]c1ccccc1C=NCc1cc(Br)ccc1[O-].[O-]c1ccccc1C=NCc1cc(Br)ccc1[O-]. The predicted octanol–water partition coefficient (Wildman–Crippen LogP) is 4.40. The molecule has 4 aromatic rings. The van der Waals surface area contributed by atoms with Gasteiger partial charge >= 0.3 is 34.1 Å². The van der Waals surface area contributed by atoms with Crippen molar-refractivity contribution in [2.45, 2.75) is 13.1 Å². The second-order valence-corrected chi connectivity index (χ2v) is 18.2. The van der Waals surface area contributed by atoms with Crippen molar-refractivity contribution in [2.75, 3.05) is 50.0 Å². The van der Waals surface area contributed by atoms with E-state index >= 15 is 0 Å². The largest absolute Gasteiger partial charge is 2.00 e. The van der Waals surface area contributed by atoms with Crippen molar-refractivity contribution < 1.29 is 71.4 Å². The number of hydrogen-bond acceptors (Lipinski definition) is 10. The monoisotopic (exact) mass is 1040 g/mol. The molecule has 0 aliphatic rings. The van der Waals surface area contributed by atoms with E-state index in [1.807, 2.05) is 0 Å². The van der Waals surface area contributed by atoms with E-state index in [1.165, 1.54) is 36.7 Å². The number of benzene rings is 4. The van der Waals surface area contributed by atoms with Crippen LogP contribution in [0.4, 0.5) is 0 Å². The Morgan fingerprint density at radius 3 is 1.00 bits per heavy atom. The van der Waals surface area contributed by atoms with Gasteiger partial charge in [0.2, 0.25) is 0 Å². The first-order valence-corrected chi connectivity index (χ1v) is 24.1. The molecule has 0 unspecified atom stereocenters. The van der Waals surface area contributed by atoms with Crippen molar-refractivity contribution in [3.8, 4) is 23.0 Å². The summed E-state index contributed by atoms with van der Waals surface area (Å²) in [6.07, 6.45) is 16.1. The van der Waals surface area contributed by atoms with Crippen LogP contribution in [0.15, 0.2) is 104 Å². The van der Waals surface area contributed by atoms with Gasteiger partial charge in [0.15, 0.2) is 0 Å². The third-order valence-corrected chi connectivity index (χ3v) is 5.85. The van der Waals surface area contributed by atoms with Gasteiger partial charge in [-0.15, -0.1) is 23.0 Å². The normalized spacial score (nSPS) is 9.89. The molecule has 0 saturated carbocycles. The van der Waals surface area contributed by atoms with Gasteiger partial charge in [0, 0.05) is 115 Å². The molecular weight excluding hydrogens is 1000 g/mol. The van der Waals surface area contributed by atoms with Crippen LogP contribution in [0.3, 0.4) is 0 Å². The Morgan fingerprint density at radius 2 is 0.741 bits per heavy atom. The van der Waals surface area contributed by atoms with Crippen LogP contribution in [0.25, 0.3) is 0 Å². The molecule has 4 rings (SSSR count). The second-order valence-electron chi connectivity index (χ2n) is 10.5. The maximum Gasteiger partial charge on any atom is 2.00 e. The summed E-state index contributed by atoms with van der Waals surface area (Å²) >= 11 is 6.61. The topological polar surface area (TPSA) is 185 Å². The maximum atomic E-state index is 11.5. The molecule has 0 N–H and O–H groups in total. The molecule has 0 saturated heterocycles. The van der Waals surface area contributed by atoms with Gasteiger partial charge in [-0.05, 0) is 46.5 Å². The predicted molar refractivity (Wildman–Crippen MR) is 222 cm³/mol. The number of halogens is 2. The summed E-state index contributed by atoms with van der Waals surface area (Å²) < 4.78 is 39.9. The Bertz CT molecular complexity index is 1630. The van der Waals surface area contributed by atoms with Gasteiger partial charge in [0.1, 0.15) is 0 Å². The first-order valence-electron chi connectivity index (χ1n) is 14.7. The van der Waals surface area contributed by atoms with Crippen LogP contribution in [0, 0.1) is 0 Å². The molecule has 0 atom stereocenters. The van der Waals surface area contributed by atoms with E-state index in [0.29, 0.717) is 22.3 Å². The number of hydrogen-bond donors (Lipinski definition) is 0. The minimum Gasteiger partial charge on any atom is -0.872 e. The summed E-state index contributed by atoms with van der Waals surface area (Å²) in [5, 5.41) is 45.9. The molecule has 18 heteroatoms. The van der Waals surface area contributed by atoms with E-state index in [2.05, 4.69) is 41.8 Å². The smallest absolute Gasteiger partial charge is 0.872 e. The van der Waals surface area contributed by atoms with Gasteiger partial charge in [-0.3, -0.25) is 26.8 Å². The Hall–Kier alpha value is -1.98. The zero-order chi connectivity index (χ0) is 40.2. The van der Waals surface area contributed by atoms with E-state index in [4.69, 9.17) is 0 Å². The molecule has 0 spiro atoms. The summed E-state index contributed by atoms with van der Waals surface area (Å²) in [5.74, 6) is -0.243. The van der Waals surface area contributed by atoms with Crippen LogP contribution in [0.5, 0.6) is 23.0 Å². The van der Waals surface area contributed by atoms with Crippen LogP contribution >= 0.6 is 31.9 Å². The van der Waals surface area contributed by atoms with Gasteiger partial charge in [-0.25, -0.2) is 0 Å². The molecule has 0 fully saturated rings. The molecule has 0 aliphatic heterocycles. The van der Waals surface area contributed by atoms with E-state index in [-0.39, 0.29) is 70.2 Å². The minimum atomic E-state index is -0.611. The molecule has 0 amide bonds. The van der Waals surface area contributed by atoms with Gasteiger partial charge in [-0.1, -0.05) is 92.5 Å². The molecule has 2 radical (unpaired) electrons. The van der Waals surface area contributed by atoms with Gasteiger partial charge in [0.05, 0.1) is 13.1 Å². The fourth-order valence-corrected chi connectivity index (χ4v) is 3.82. The molecule has 4 aromatic carbocycles. The number of para-hydroxylation sites is 2. The Balaban J connectivity index is -0.000000324. The first-order chi connectivity index (χ1) is 24.3. The summed E-state index contributed by atoms with van der Waals surface area (Å²) in [6, 6.07) is 23.2. The van der Waals surface area contributed by atoms with Crippen molar-refractivity contribution in [3.05, 3.63) is 116 Å². The van der Waals surface area contributed by atoms with E-state index in [9.17, 15) is 37.3 Å². The van der Waals surface area contributed by atoms with Crippen molar-refractivity contribution in [2.24, 2.45) is 9.98 Å². The van der Waals surface area contributed by atoms with Crippen LogP contribution in [0.2, 0.25) is 0 Å². The zero-order valence-corrected chi connectivity index (χ0v) is 39.1. The van der Waals surface area contributed by atoms with Gasteiger partial charge in [-0.2, -0.15) is 0 Å². The van der Waals surface area contributed by atoms with Crippen molar-refractivity contribution in [3.63, 3.8) is 0 Å². The van der Waals surface area contributed by atoms with E-state index < -0.39 is 43.2 Å². The van der Waals surface area contributed by atoms with Gasteiger partial charge < -0.3 is 20.4 Å². The summed E-state index contributed by atoms with van der Waals surface area (Å²) in [5.41, 5.74) is 2.26. The Labute approximate surface area is 367 Å². The van der Waals surface area contributed by atoms with Crippen LogP contribution in [0.1, 0.15) is 22.3 Å². The third-order valence-electron chi connectivity index (χ3n) is 4.87. The second kappa shape index (κ2) is 35.4. The molecule has 306 valence electrons. The molecule has 0 aliphatic carbocycles. The van der Waals surface area contributed by atoms with Crippen molar-refractivity contribution >= 4 is 87.5 Å². The molecular formula is C36H44Br2Cu2N2O8S4. The van der Waals surface area contributed by atoms with Crippen LogP contribution in [-0.2, 0) is 90.4 Å². The number of nitrogens with zero attached hydrogens (tertiary/aromatic N) is 2. The summed E-state index contributed by atoms with van der Waals surface area (Å²) in [4.78, 5) is 8.26.